The monoisotopic (exact) mass is 274 g/mol. The van der Waals surface area contributed by atoms with E-state index in [1.165, 1.54) is 34.9 Å². The predicted molar refractivity (Wildman–Crippen MR) is 80.9 cm³/mol. The Bertz CT molecular complexity index is 562. The molecule has 0 radical (unpaired) electrons. The molecule has 1 aliphatic rings. The van der Waals surface area contributed by atoms with Crippen molar-refractivity contribution in [2.45, 2.75) is 18.1 Å². The van der Waals surface area contributed by atoms with Gasteiger partial charge in [0.2, 0.25) is 0 Å². The molecule has 2 nitrogen and oxygen atoms in total. The average molecular weight is 274 g/mol. The van der Waals surface area contributed by atoms with Crippen molar-refractivity contribution in [2.75, 3.05) is 19.7 Å². The molecule has 2 aromatic rings. The maximum atomic E-state index is 5.66. The molecule has 1 fully saturated rings. The highest BCUT2D eigenvalue weighted by atomic mass is 32.2. The Morgan fingerprint density at radius 3 is 2.74 bits per heavy atom. The van der Waals surface area contributed by atoms with Crippen molar-refractivity contribution < 1.29 is 9.47 Å². The first-order valence-electron chi connectivity index (χ1n) is 6.65. The predicted octanol–water partition coefficient (Wildman–Crippen LogP) is 4.39. The number of thioether (sulfide) groups is 1. The summed E-state index contributed by atoms with van der Waals surface area (Å²) >= 11 is 2.07. The summed E-state index contributed by atoms with van der Waals surface area (Å²) < 4.78 is 10.7. The Morgan fingerprint density at radius 1 is 1.16 bits per heavy atom. The Balaban J connectivity index is 2.05. The van der Waals surface area contributed by atoms with Gasteiger partial charge in [-0.2, -0.15) is 11.8 Å². The second kappa shape index (κ2) is 5.85. The van der Waals surface area contributed by atoms with Gasteiger partial charge in [-0.05, 0) is 35.6 Å². The molecular formula is C16H18O2S. The zero-order valence-electron chi connectivity index (χ0n) is 11.1. The van der Waals surface area contributed by atoms with Gasteiger partial charge < -0.3 is 9.47 Å². The van der Waals surface area contributed by atoms with Gasteiger partial charge in [0.15, 0.2) is 6.79 Å². The summed E-state index contributed by atoms with van der Waals surface area (Å²) in [4.78, 5) is 0. The SMILES string of the molecule is COCOc1ccc(C2CCCS2)c2ccccc12. The van der Waals surface area contributed by atoms with Crippen molar-refractivity contribution in [1.82, 2.24) is 0 Å². The highest BCUT2D eigenvalue weighted by Crippen LogP contribution is 2.43. The molecule has 1 heterocycles. The number of hydrogen-bond donors (Lipinski definition) is 0. The van der Waals surface area contributed by atoms with E-state index in [1.807, 2.05) is 0 Å². The lowest BCUT2D eigenvalue weighted by Crippen LogP contribution is -2.00. The smallest absolute Gasteiger partial charge is 0.188 e. The molecule has 19 heavy (non-hydrogen) atoms. The van der Waals surface area contributed by atoms with Crippen LogP contribution in [0.1, 0.15) is 23.7 Å². The van der Waals surface area contributed by atoms with Gasteiger partial charge in [-0.1, -0.05) is 30.3 Å². The molecule has 1 atom stereocenters. The summed E-state index contributed by atoms with van der Waals surface area (Å²) in [5.41, 5.74) is 1.45. The minimum atomic E-state index is 0.293. The van der Waals surface area contributed by atoms with Gasteiger partial charge >= 0.3 is 0 Å². The second-order valence-corrected chi connectivity index (χ2v) is 6.06. The van der Waals surface area contributed by atoms with Crippen LogP contribution in [-0.4, -0.2) is 19.7 Å². The molecule has 3 rings (SSSR count). The molecule has 0 spiro atoms. The lowest BCUT2D eigenvalue weighted by molar-refractivity contribution is 0.0522. The molecule has 3 heteroatoms. The second-order valence-electron chi connectivity index (χ2n) is 4.75. The van der Waals surface area contributed by atoms with E-state index in [2.05, 4.69) is 48.2 Å². The highest BCUT2D eigenvalue weighted by Gasteiger charge is 2.20. The molecule has 0 aromatic heterocycles. The molecule has 0 amide bonds. The number of hydrogen-bond acceptors (Lipinski definition) is 3. The van der Waals surface area contributed by atoms with E-state index in [-0.39, 0.29) is 0 Å². The number of fused-ring (bicyclic) bond motifs is 1. The van der Waals surface area contributed by atoms with Crippen LogP contribution in [0.2, 0.25) is 0 Å². The topological polar surface area (TPSA) is 18.5 Å². The molecule has 2 aromatic carbocycles. The molecule has 0 N–H and O–H groups in total. The van der Waals surface area contributed by atoms with E-state index in [4.69, 9.17) is 9.47 Å². The van der Waals surface area contributed by atoms with E-state index in [1.54, 1.807) is 7.11 Å². The van der Waals surface area contributed by atoms with E-state index in [9.17, 15) is 0 Å². The maximum absolute atomic E-state index is 5.66. The van der Waals surface area contributed by atoms with Gasteiger partial charge in [0.25, 0.3) is 0 Å². The van der Waals surface area contributed by atoms with Crippen LogP contribution in [0.25, 0.3) is 10.8 Å². The van der Waals surface area contributed by atoms with Crippen molar-refractivity contribution >= 4 is 22.5 Å². The molecule has 0 bridgehead atoms. The van der Waals surface area contributed by atoms with Crippen LogP contribution in [-0.2, 0) is 4.74 Å². The first-order valence-corrected chi connectivity index (χ1v) is 7.70. The molecule has 1 unspecified atom stereocenters. The standard InChI is InChI=1S/C16H18O2S/c1-17-11-18-15-9-8-14(16-7-4-10-19-16)12-5-2-3-6-13(12)15/h2-3,5-6,8-9,16H,4,7,10-11H2,1H3. The quantitative estimate of drug-likeness (QED) is 0.770. The van der Waals surface area contributed by atoms with Crippen molar-refractivity contribution in [3.63, 3.8) is 0 Å². The molecular weight excluding hydrogens is 256 g/mol. The fourth-order valence-corrected chi connectivity index (χ4v) is 3.98. The van der Waals surface area contributed by atoms with Gasteiger partial charge in [0.05, 0.1) is 0 Å². The zero-order chi connectivity index (χ0) is 13.1. The lowest BCUT2D eigenvalue weighted by atomic mass is 9.99. The molecule has 1 saturated heterocycles. The molecule has 1 aliphatic heterocycles. The minimum Gasteiger partial charge on any atom is -0.467 e. The first-order chi connectivity index (χ1) is 9.40. The summed E-state index contributed by atoms with van der Waals surface area (Å²) in [6, 6.07) is 12.8. The van der Waals surface area contributed by atoms with Crippen LogP contribution in [0.5, 0.6) is 5.75 Å². The van der Waals surface area contributed by atoms with Crippen molar-refractivity contribution in [1.29, 1.82) is 0 Å². The number of benzene rings is 2. The first kappa shape index (κ1) is 12.8. The number of rotatable bonds is 4. The largest absolute Gasteiger partial charge is 0.467 e. The average Bonchev–Trinajstić information content (AvgIpc) is 2.98. The fraction of sp³-hybridized carbons (Fsp3) is 0.375. The Labute approximate surface area is 118 Å². The van der Waals surface area contributed by atoms with E-state index < -0.39 is 0 Å². The molecule has 0 saturated carbocycles. The summed E-state index contributed by atoms with van der Waals surface area (Å²) in [5.74, 6) is 2.19. The van der Waals surface area contributed by atoms with Crippen LogP contribution in [0, 0.1) is 0 Å². The van der Waals surface area contributed by atoms with Gasteiger partial charge in [0.1, 0.15) is 5.75 Å². The van der Waals surface area contributed by atoms with Crippen LogP contribution in [0.3, 0.4) is 0 Å². The highest BCUT2D eigenvalue weighted by molar-refractivity contribution is 7.99. The normalized spacial score (nSPS) is 18.9. The fourth-order valence-electron chi connectivity index (χ4n) is 2.65. The van der Waals surface area contributed by atoms with Crippen LogP contribution in [0.4, 0.5) is 0 Å². The van der Waals surface area contributed by atoms with Crippen molar-refractivity contribution in [3.05, 3.63) is 42.0 Å². The van der Waals surface area contributed by atoms with Crippen molar-refractivity contribution in [2.24, 2.45) is 0 Å². The Morgan fingerprint density at radius 2 is 2.00 bits per heavy atom. The Kier molecular flexibility index (Phi) is 3.95. The van der Waals surface area contributed by atoms with Crippen LogP contribution in [0.15, 0.2) is 36.4 Å². The third-order valence-corrected chi connectivity index (χ3v) is 4.94. The zero-order valence-corrected chi connectivity index (χ0v) is 11.9. The summed E-state index contributed by atoms with van der Waals surface area (Å²) in [6.07, 6.45) is 2.61. The van der Waals surface area contributed by atoms with Crippen LogP contribution >= 0.6 is 11.8 Å². The maximum Gasteiger partial charge on any atom is 0.188 e. The van der Waals surface area contributed by atoms with Crippen molar-refractivity contribution in [3.8, 4) is 5.75 Å². The number of ether oxygens (including phenoxy) is 2. The summed E-state index contributed by atoms with van der Waals surface area (Å²) in [5, 5.41) is 3.14. The third kappa shape index (κ3) is 2.58. The number of methoxy groups -OCH3 is 1. The van der Waals surface area contributed by atoms with Gasteiger partial charge in [-0.3, -0.25) is 0 Å². The lowest BCUT2D eigenvalue weighted by Gasteiger charge is -2.15. The van der Waals surface area contributed by atoms with Crippen LogP contribution < -0.4 is 4.74 Å². The third-order valence-electron chi connectivity index (χ3n) is 3.53. The minimum absolute atomic E-state index is 0.293. The summed E-state index contributed by atoms with van der Waals surface area (Å²) in [6.45, 7) is 0.293. The Hall–Kier alpha value is -1.19. The molecule has 0 aliphatic carbocycles. The van der Waals surface area contributed by atoms with Gasteiger partial charge in [-0.25, -0.2) is 0 Å². The van der Waals surface area contributed by atoms with E-state index in [0.717, 1.165) is 5.75 Å². The van der Waals surface area contributed by atoms with Gasteiger partial charge in [0, 0.05) is 17.7 Å². The molecule has 100 valence electrons. The van der Waals surface area contributed by atoms with Gasteiger partial charge in [-0.15, -0.1) is 0 Å². The van der Waals surface area contributed by atoms with E-state index in [0.29, 0.717) is 12.0 Å². The van der Waals surface area contributed by atoms with E-state index >= 15 is 0 Å². The summed E-state index contributed by atoms with van der Waals surface area (Å²) in [7, 11) is 1.64.